The average Bonchev–Trinajstić information content (AvgIpc) is 3.41. The number of carbonyl (C=O) groups is 2. The molecule has 0 saturated carbocycles. The number of aryl methyl sites for hydroxylation is 2. The van der Waals surface area contributed by atoms with Crippen LogP contribution >= 0.6 is 11.3 Å². The molecule has 9 nitrogen and oxygen atoms in total. The summed E-state index contributed by atoms with van der Waals surface area (Å²) < 4.78 is 0. The second kappa shape index (κ2) is 15.5. The van der Waals surface area contributed by atoms with Crippen LogP contribution in [0.25, 0.3) is 0 Å². The first kappa shape index (κ1) is 31.9. The average molecular weight is 600 g/mol. The fourth-order valence-electron chi connectivity index (χ4n) is 4.29. The van der Waals surface area contributed by atoms with Gasteiger partial charge in [-0.2, -0.15) is 5.10 Å². The Morgan fingerprint density at radius 3 is 2.21 bits per heavy atom. The highest BCUT2D eigenvalue weighted by Crippen LogP contribution is 2.20. The summed E-state index contributed by atoms with van der Waals surface area (Å²) in [5, 5.41) is 27.4. The molecule has 2 amide bonds. The molecule has 1 unspecified atom stereocenters. The molecule has 1 atom stereocenters. The van der Waals surface area contributed by atoms with Crippen LogP contribution in [-0.4, -0.2) is 38.3 Å². The molecule has 0 aliphatic carbocycles. The number of hydrogen-bond donors (Lipinski definition) is 3. The normalized spacial score (nSPS) is 12.1. The second-order valence-electron chi connectivity index (χ2n) is 11.8. The monoisotopic (exact) mass is 599 g/mol. The third-order valence-electron chi connectivity index (χ3n) is 7.25. The summed E-state index contributed by atoms with van der Waals surface area (Å²) in [6.07, 6.45) is 3.95. The molecule has 4 aromatic rings. The van der Waals surface area contributed by atoms with E-state index in [0.717, 1.165) is 59.6 Å². The van der Waals surface area contributed by atoms with Gasteiger partial charge < -0.3 is 16.0 Å². The summed E-state index contributed by atoms with van der Waals surface area (Å²) in [7, 11) is 0. The smallest absolute Gasteiger partial charge is 0.230 e. The largest absolute Gasteiger partial charge is 0.310 e. The molecule has 226 valence electrons. The summed E-state index contributed by atoms with van der Waals surface area (Å²) in [4.78, 5) is 24.9. The van der Waals surface area contributed by atoms with Gasteiger partial charge in [-0.25, -0.2) is 0 Å². The van der Waals surface area contributed by atoms with Gasteiger partial charge in [0.25, 0.3) is 0 Å². The molecule has 0 aliphatic heterocycles. The van der Waals surface area contributed by atoms with Crippen LogP contribution in [0.15, 0.2) is 66.7 Å². The van der Waals surface area contributed by atoms with Gasteiger partial charge in [-0.15, -0.1) is 15.3 Å². The Balaban J connectivity index is 1.14. The molecule has 0 spiro atoms. The van der Waals surface area contributed by atoms with Crippen LogP contribution in [0.5, 0.6) is 0 Å². The molecule has 2 aromatic heterocycles. The van der Waals surface area contributed by atoms with E-state index in [0.29, 0.717) is 23.4 Å². The number of aromatic nitrogens is 4. The van der Waals surface area contributed by atoms with E-state index in [1.54, 1.807) is 6.07 Å². The van der Waals surface area contributed by atoms with Crippen molar-refractivity contribution in [2.24, 2.45) is 5.41 Å². The van der Waals surface area contributed by atoms with E-state index in [1.807, 2.05) is 48.5 Å². The van der Waals surface area contributed by atoms with Crippen molar-refractivity contribution in [3.63, 3.8) is 0 Å². The van der Waals surface area contributed by atoms with Crippen molar-refractivity contribution in [3.05, 3.63) is 94.1 Å². The minimum atomic E-state index is -0.121. The number of nitrogens with zero attached hydrogens (tertiary/aromatic N) is 4. The van der Waals surface area contributed by atoms with E-state index < -0.39 is 0 Å². The molecular formula is C33H41N7O2S. The molecule has 43 heavy (non-hydrogen) atoms. The summed E-state index contributed by atoms with van der Waals surface area (Å²) in [6.45, 7) is 9.62. The van der Waals surface area contributed by atoms with Crippen molar-refractivity contribution in [1.82, 2.24) is 25.7 Å². The first-order valence-corrected chi connectivity index (χ1v) is 15.6. The van der Waals surface area contributed by atoms with Gasteiger partial charge in [-0.05, 0) is 60.4 Å². The molecule has 0 aliphatic rings. The summed E-state index contributed by atoms with van der Waals surface area (Å²) in [6, 6.07) is 21.8. The van der Waals surface area contributed by atoms with Gasteiger partial charge in [-0.1, -0.05) is 86.7 Å². The lowest BCUT2D eigenvalue weighted by atomic mass is 9.88. The lowest BCUT2D eigenvalue weighted by molar-refractivity contribution is -0.116. The summed E-state index contributed by atoms with van der Waals surface area (Å²) in [5.41, 5.74) is 4.13. The molecule has 0 bridgehead atoms. The van der Waals surface area contributed by atoms with Crippen LogP contribution in [0.2, 0.25) is 0 Å². The number of nitrogens with one attached hydrogen (secondary N) is 3. The fourth-order valence-corrected chi connectivity index (χ4v) is 5.09. The van der Waals surface area contributed by atoms with Crippen LogP contribution in [-0.2, 0) is 41.8 Å². The number of amides is 2. The number of unbranched alkanes of at least 4 members (excludes halogenated alkanes) is 1. The maximum absolute atomic E-state index is 12.7. The maximum Gasteiger partial charge on any atom is 0.230 e. The number of benzene rings is 2. The van der Waals surface area contributed by atoms with Crippen LogP contribution in [0, 0.1) is 5.41 Å². The predicted octanol–water partition coefficient (Wildman–Crippen LogP) is 5.78. The number of rotatable bonds is 14. The van der Waals surface area contributed by atoms with Gasteiger partial charge in [0.15, 0.2) is 5.82 Å². The molecular weight excluding hydrogens is 558 g/mol. The van der Waals surface area contributed by atoms with Crippen molar-refractivity contribution < 1.29 is 9.59 Å². The van der Waals surface area contributed by atoms with E-state index in [9.17, 15) is 9.59 Å². The third kappa shape index (κ3) is 11.0. The Morgan fingerprint density at radius 1 is 0.767 bits per heavy atom. The molecule has 0 saturated heterocycles. The first-order valence-electron chi connectivity index (χ1n) is 14.7. The predicted molar refractivity (Wildman–Crippen MR) is 172 cm³/mol. The van der Waals surface area contributed by atoms with Crippen molar-refractivity contribution in [1.29, 1.82) is 0 Å². The minimum Gasteiger partial charge on any atom is -0.310 e. The lowest BCUT2D eigenvalue weighted by Crippen LogP contribution is -2.37. The number of hydrogen-bond acceptors (Lipinski definition) is 8. The number of anilines is 2. The highest BCUT2D eigenvalue weighted by atomic mass is 32.1. The third-order valence-corrected chi connectivity index (χ3v) is 8.15. The van der Waals surface area contributed by atoms with Crippen LogP contribution in [0.4, 0.5) is 10.9 Å². The fraction of sp³-hybridized carbons (Fsp3) is 0.394. The first-order chi connectivity index (χ1) is 20.6. The van der Waals surface area contributed by atoms with Gasteiger partial charge in [0.1, 0.15) is 5.01 Å². The van der Waals surface area contributed by atoms with Crippen molar-refractivity contribution in [2.75, 3.05) is 10.6 Å². The standard InChI is InChI=1S/C33H41N7O2S/c1-23(33(2,3)4)34-22-26-14-10-13-25(19-26)21-30(42)36-32-40-39-31(43-32)16-9-8-15-27-17-18-28(38-37-27)35-29(41)20-24-11-6-5-7-12-24/h5-7,10-14,17-19,23,34H,8-9,15-16,20-22H2,1-4H3,(H,35,38,41)(H,36,40,42). The Morgan fingerprint density at radius 2 is 1.47 bits per heavy atom. The Labute approximate surface area is 258 Å². The molecule has 3 N–H and O–H groups in total. The van der Waals surface area contributed by atoms with Crippen molar-refractivity contribution in [3.8, 4) is 0 Å². The quantitative estimate of drug-likeness (QED) is 0.157. The van der Waals surface area contributed by atoms with Gasteiger partial charge in [0.05, 0.1) is 18.5 Å². The zero-order chi connectivity index (χ0) is 30.7. The SMILES string of the molecule is CC(NCc1cccc(CC(=O)Nc2nnc(CCCCc3ccc(NC(=O)Cc4ccccc4)nn3)s2)c1)C(C)(C)C. The molecule has 2 heterocycles. The van der Waals surface area contributed by atoms with Crippen molar-refractivity contribution in [2.45, 2.75) is 78.8 Å². The Kier molecular flexibility index (Phi) is 11.5. The van der Waals surface area contributed by atoms with Gasteiger partial charge in [0, 0.05) is 19.0 Å². The van der Waals surface area contributed by atoms with Crippen molar-refractivity contribution >= 4 is 34.1 Å². The maximum atomic E-state index is 12.7. The van der Waals surface area contributed by atoms with E-state index in [-0.39, 0.29) is 23.7 Å². The molecule has 0 fully saturated rings. The van der Waals surface area contributed by atoms with E-state index >= 15 is 0 Å². The molecule has 0 radical (unpaired) electrons. The van der Waals surface area contributed by atoms with Crippen LogP contribution < -0.4 is 16.0 Å². The number of carbonyl (C=O) groups excluding carboxylic acids is 2. The highest BCUT2D eigenvalue weighted by Gasteiger charge is 2.19. The van der Waals surface area contributed by atoms with E-state index in [4.69, 9.17) is 0 Å². The lowest BCUT2D eigenvalue weighted by Gasteiger charge is -2.28. The minimum absolute atomic E-state index is 0.103. The molecule has 2 aromatic carbocycles. The van der Waals surface area contributed by atoms with E-state index in [2.05, 4.69) is 76.2 Å². The zero-order valence-corrected chi connectivity index (χ0v) is 26.2. The Hall–Kier alpha value is -4.02. The molecule has 10 heteroatoms. The summed E-state index contributed by atoms with van der Waals surface area (Å²) in [5.74, 6) is 0.224. The van der Waals surface area contributed by atoms with Gasteiger partial charge in [-0.3, -0.25) is 9.59 Å². The Bertz CT molecular complexity index is 1470. The van der Waals surface area contributed by atoms with Crippen LogP contribution in [0.1, 0.15) is 67.9 Å². The molecule has 4 rings (SSSR count). The highest BCUT2D eigenvalue weighted by molar-refractivity contribution is 7.15. The van der Waals surface area contributed by atoms with E-state index in [1.165, 1.54) is 11.3 Å². The van der Waals surface area contributed by atoms with Gasteiger partial charge >= 0.3 is 0 Å². The second-order valence-corrected chi connectivity index (χ2v) is 12.9. The summed E-state index contributed by atoms with van der Waals surface area (Å²) >= 11 is 1.41. The topological polar surface area (TPSA) is 122 Å². The van der Waals surface area contributed by atoms with Gasteiger partial charge in [0.2, 0.25) is 16.9 Å². The van der Waals surface area contributed by atoms with Crippen LogP contribution in [0.3, 0.4) is 0 Å². The zero-order valence-electron chi connectivity index (χ0n) is 25.4.